The average Bonchev–Trinajstić information content (AvgIpc) is 2.57. The summed E-state index contributed by atoms with van der Waals surface area (Å²) in [7, 11) is 0. The van der Waals surface area contributed by atoms with Crippen LogP contribution in [0.1, 0.15) is 34.1 Å². The zero-order chi connectivity index (χ0) is 9.41. The Balaban J connectivity index is 2.65. The fourth-order valence-corrected chi connectivity index (χ4v) is 1.13. The SMILES string of the molecule is CCC1(C#CC(C)(C)O)OC1C. The molecule has 0 aromatic carbocycles. The maximum atomic E-state index is 9.36. The van der Waals surface area contributed by atoms with E-state index in [2.05, 4.69) is 11.8 Å². The minimum Gasteiger partial charge on any atom is -0.378 e. The van der Waals surface area contributed by atoms with Gasteiger partial charge in [-0.15, -0.1) is 0 Å². The van der Waals surface area contributed by atoms with Crippen molar-refractivity contribution in [2.75, 3.05) is 0 Å². The number of hydrogen-bond donors (Lipinski definition) is 1. The van der Waals surface area contributed by atoms with Crippen LogP contribution in [-0.4, -0.2) is 22.4 Å². The number of rotatable bonds is 1. The van der Waals surface area contributed by atoms with E-state index < -0.39 is 5.60 Å². The van der Waals surface area contributed by atoms with E-state index in [0.717, 1.165) is 6.42 Å². The Morgan fingerprint density at radius 1 is 1.58 bits per heavy atom. The van der Waals surface area contributed by atoms with Gasteiger partial charge in [0.05, 0.1) is 6.10 Å². The summed E-state index contributed by atoms with van der Waals surface area (Å²) in [5, 5.41) is 9.36. The molecule has 0 aromatic rings. The van der Waals surface area contributed by atoms with Crippen molar-refractivity contribution >= 4 is 0 Å². The van der Waals surface area contributed by atoms with Gasteiger partial charge in [-0.2, -0.15) is 0 Å². The molecule has 1 aliphatic heterocycles. The zero-order valence-corrected chi connectivity index (χ0v) is 8.14. The van der Waals surface area contributed by atoms with Gasteiger partial charge in [-0.05, 0) is 27.2 Å². The molecule has 1 rings (SSSR count). The highest BCUT2D eigenvalue weighted by molar-refractivity contribution is 5.27. The summed E-state index contributed by atoms with van der Waals surface area (Å²) < 4.78 is 5.36. The fraction of sp³-hybridized carbons (Fsp3) is 0.800. The fourth-order valence-electron chi connectivity index (χ4n) is 1.13. The van der Waals surface area contributed by atoms with Crippen LogP contribution < -0.4 is 0 Å². The Kier molecular flexibility index (Phi) is 2.20. The highest BCUT2D eigenvalue weighted by Crippen LogP contribution is 2.38. The predicted molar refractivity (Wildman–Crippen MR) is 47.6 cm³/mol. The summed E-state index contributed by atoms with van der Waals surface area (Å²) in [5.41, 5.74) is -1.17. The van der Waals surface area contributed by atoms with E-state index in [0.29, 0.717) is 0 Å². The molecule has 1 fully saturated rings. The number of ether oxygens (including phenoxy) is 1. The quantitative estimate of drug-likeness (QED) is 0.473. The largest absolute Gasteiger partial charge is 0.378 e. The van der Waals surface area contributed by atoms with E-state index in [1.807, 2.05) is 13.8 Å². The Hall–Kier alpha value is -0.520. The second-order valence-electron chi connectivity index (χ2n) is 3.81. The van der Waals surface area contributed by atoms with Gasteiger partial charge in [-0.3, -0.25) is 0 Å². The van der Waals surface area contributed by atoms with Gasteiger partial charge in [0.25, 0.3) is 0 Å². The van der Waals surface area contributed by atoms with Crippen molar-refractivity contribution < 1.29 is 9.84 Å². The molecule has 0 spiro atoms. The summed E-state index contributed by atoms with van der Waals surface area (Å²) in [4.78, 5) is 0. The lowest BCUT2D eigenvalue weighted by Crippen LogP contribution is -2.17. The first-order valence-corrected chi connectivity index (χ1v) is 4.34. The smallest absolute Gasteiger partial charge is 0.154 e. The lowest BCUT2D eigenvalue weighted by Gasteiger charge is -2.07. The molecule has 0 radical (unpaired) electrons. The summed E-state index contributed by atoms with van der Waals surface area (Å²) in [6.45, 7) is 7.40. The minimum absolute atomic E-state index is 0.220. The third kappa shape index (κ3) is 2.00. The number of epoxide rings is 1. The van der Waals surface area contributed by atoms with Crippen LogP contribution in [0.15, 0.2) is 0 Å². The Morgan fingerprint density at radius 2 is 2.08 bits per heavy atom. The van der Waals surface area contributed by atoms with E-state index >= 15 is 0 Å². The van der Waals surface area contributed by atoms with Crippen LogP contribution in [0, 0.1) is 11.8 Å². The number of hydrogen-bond acceptors (Lipinski definition) is 2. The Morgan fingerprint density at radius 3 is 2.33 bits per heavy atom. The van der Waals surface area contributed by atoms with Crippen molar-refractivity contribution in [3.63, 3.8) is 0 Å². The van der Waals surface area contributed by atoms with Crippen LogP contribution in [0.4, 0.5) is 0 Å². The first-order chi connectivity index (χ1) is 5.40. The van der Waals surface area contributed by atoms with Gasteiger partial charge in [0.15, 0.2) is 5.60 Å². The maximum absolute atomic E-state index is 9.36. The van der Waals surface area contributed by atoms with Crippen molar-refractivity contribution in [2.45, 2.75) is 51.4 Å². The van der Waals surface area contributed by atoms with Crippen LogP contribution in [0.3, 0.4) is 0 Å². The molecule has 68 valence electrons. The molecule has 1 saturated heterocycles. The third-order valence-corrected chi connectivity index (χ3v) is 2.09. The van der Waals surface area contributed by atoms with Crippen LogP contribution in [0.25, 0.3) is 0 Å². The monoisotopic (exact) mass is 168 g/mol. The Bertz CT molecular complexity index is 224. The van der Waals surface area contributed by atoms with Crippen molar-refractivity contribution in [3.8, 4) is 11.8 Å². The average molecular weight is 168 g/mol. The van der Waals surface area contributed by atoms with Crippen molar-refractivity contribution in [1.82, 2.24) is 0 Å². The summed E-state index contributed by atoms with van der Waals surface area (Å²) in [6.07, 6.45) is 1.11. The zero-order valence-electron chi connectivity index (χ0n) is 8.14. The van der Waals surface area contributed by atoms with Crippen molar-refractivity contribution in [3.05, 3.63) is 0 Å². The molecule has 0 saturated carbocycles. The highest BCUT2D eigenvalue weighted by Gasteiger charge is 2.50. The second-order valence-corrected chi connectivity index (χ2v) is 3.81. The molecular weight excluding hydrogens is 152 g/mol. The summed E-state index contributed by atoms with van der Waals surface area (Å²) in [6, 6.07) is 0. The van der Waals surface area contributed by atoms with E-state index in [1.165, 1.54) is 0 Å². The molecule has 0 aliphatic carbocycles. The molecule has 0 aromatic heterocycles. The van der Waals surface area contributed by atoms with Gasteiger partial charge in [-0.1, -0.05) is 18.8 Å². The van der Waals surface area contributed by atoms with E-state index in [-0.39, 0.29) is 11.7 Å². The molecule has 0 amide bonds. The van der Waals surface area contributed by atoms with Gasteiger partial charge in [-0.25, -0.2) is 0 Å². The predicted octanol–water partition coefficient (Wildman–Crippen LogP) is 1.33. The minimum atomic E-state index is -0.909. The molecule has 12 heavy (non-hydrogen) atoms. The molecule has 2 heteroatoms. The molecule has 2 atom stereocenters. The second kappa shape index (κ2) is 2.76. The summed E-state index contributed by atoms with van der Waals surface area (Å²) >= 11 is 0. The number of aliphatic hydroxyl groups is 1. The van der Waals surface area contributed by atoms with Crippen LogP contribution in [0.2, 0.25) is 0 Å². The lowest BCUT2D eigenvalue weighted by molar-refractivity contribution is 0.143. The van der Waals surface area contributed by atoms with Gasteiger partial charge in [0.1, 0.15) is 5.60 Å². The maximum Gasteiger partial charge on any atom is 0.154 e. The standard InChI is InChI=1S/C10H16O2/c1-5-10(8(2)12-10)7-6-9(3,4)11/h8,11H,5H2,1-4H3. The molecule has 2 unspecified atom stereocenters. The van der Waals surface area contributed by atoms with Crippen LogP contribution in [0.5, 0.6) is 0 Å². The molecule has 1 heterocycles. The normalized spacial score (nSPS) is 33.9. The third-order valence-electron chi connectivity index (χ3n) is 2.09. The van der Waals surface area contributed by atoms with E-state index in [4.69, 9.17) is 4.74 Å². The highest BCUT2D eigenvalue weighted by atomic mass is 16.6. The lowest BCUT2D eigenvalue weighted by atomic mass is 10.0. The van der Waals surface area contributed by atoms with Gasteiger partial charge < -0.3 is 9.84 Å². The van der Waals surface area contributed by atoms with E-state index in [1.54, 1.807) is 13.8 Å². The molecule has 2 nitrogen and oxygen atoms in total. The van der Waals surface area contributed by atoms with Gasteiger partial charge in [0, 0.05) is 0 Å². The molecule has 1 aliphatic rings. The van der Waals surface area contributed by atoms with Crippen LogP contribution >= 0.6 is 0 Å². The molecule has 1 N–H and O–H groups in total. The van der Waals surface area contributed by atoms with Gasteiger partial charge >= 0.3 is 0 Å². The first-order valence-electron chi connectivity index (χ1n) is 4.34. The topological polar surface area (TPSA) is 32.8 Å². The Labute approximate surface area is 73.9 Å². The molecular formula is C10H16O2. The van der Waals surface area contributed by atoms with Crippen molar-refractivity contribution in [1.29, 1.82) is 0 Å². The van der Waals surface area contributed by atoms with Gasteiger partial charge in [0.2, 0.25) is 0 Å². The first kappa shape index (κ1) is 9.57. The molecule has 0 bridgehead atoms. The summed E-state index contributed by atoms with van der Waals surface area (Å²) in [5.74, 6) is 5.77. The van der Waals surface area contributed by atoms with Crippen molar-refractivity contribution in [2.24, 2.45) is 0 Å². The van der Waals surface area contributed by atoms with Crippen LogP contribution in [-0.2, 0) is 4.74 Å². The van der Waals surface area contributed by atoms with E-state index in [9.17, 15) is 5.11 Å².